The van der Waals surface area contributed by atoms with Crippen molar-refractivity contribution in [3.63, 3.8) is 0 Å². The van der Waals surface area contributed by atoms with Crippen LogP contribution in [0.4, 0.5) is 10.5 Å². The van der Waals surface area contributed by atoms with Crippen molar-refractivity contribution in [3.8, 4) is 0 Å². The first-order valence-electron chi connectivity index (χ1n) is 9.77. The number of carbonyl (C=O) groups excluding carboxylic acids is 1. The van der Waals surface area contributed by atoms with Gasteiger partial charge in [-0.3, -0.25) is 0 Å². The standard InChI is InChI=1S/C25H27IN2O/c1-25(2,3)21-14-8-10-16-23(21)27-24(29)28(17-19-11-5-4-6-12-19)18-20-13-7-9-15-22(20)26/h4-16H,17-18H2,1-3H3,(H,27,29). The number of rotatable bonds is 5. The Morgan fingerprint density at radius 2 is 1.48 bits per heavy atom. The van der Waals surface area contributed by atoms with Gasteiger partial charge in [0.15, 0.2) is 0 Å². The van der Waals surface area contributed by atoms with E-state index in [1.165, 1.54) is 0 Å². The summed E-state index contributed by atoms with van der Waals surface area (Å²) in [5, 5.41) is 3.16. The summed E-state index contributed by atoms with van der Waals surface area (Å²) in [7, 11) is 0. The molecule has 3 nitrogen and oxygen atoms in total. The van der Waals surface area contributed by atoms with Crippen molar-refractivity contribution in [1.82, 2.24) is 4.90 Å². The number of nitrogens with one attached hydrogen (secondary N) is 1. The molecule has 3 aromatic carbocycles. The SMILES string of the molecule is CC(C)(C)c1ccccc1NC(=O)N(Cc1ccccc1)Cc1ccccc1I. The van der Waals surface area contributed by atoms with Crippen LogP contribution in [0.5, 0.6) is 0 Å². The largest absolute Gasteiger partial charge is 0.322 e. The zero-order chi connectivity index (χ0) is 20.9. The van der Waals surface area contributed by atoms with Gasteiger partial charge >= 0.3 is 6.03 Å². The van der Waals surface area contributed by atoms with E-state index in [0.717, 1.165) is 25.9 Å². The fourth-order valence-corrected chi connectivity index (χ4v) is 3.83. The molecule has 0 aliphatic rings. The highest BCUT2D eigenvalue weighted by molar-refractivity contribution is 14.1. The van der Waals surface area contributed by atoms with Crippen molar-refractivity contribution in [2.24, 2.45) is 0 Å². The van der Waals surface area contributed by atoms with Crippen molar-refractivity contribution in [2.45, 2.75) is 39.3 Å². The van der Waals surface area contributed by atoms with Crippen LogP contribution in [-0.2, 0) is 18.5 Å². The van der Waals surface area contributed by atoms with Gasteiger partial charge in [0.05, 0.1) is 0 Å². The second-order valence-electron chi connectivity index (χ2n) is 8.16. The Morgan fingerprint density at radius 1 is 0.862 bits per heavy atom. The lowest BCUT2D eigenvalue weighted by atomic mass is 9.86. The lowest BCUT2D eigenvalue weighted by molar-refractivity contribution is 0.206. The number of benzene rings is 3. The van der Waals surface area contributed by atoms with Crippen LogP contribution in [0.3, 0.4) is 0 Å². The van der Waals surface area contributed by atoms with Crippen LogP contribution in [0.1, 0.15) is 37.5 Å². The molecule has 0 saturated carbocycles. The number of hydrogen-bond acceptors (Lipinski definition) is 1. The Bertz CT molecular complexity index is 964. The summed E-state index contributed by atoms with van der Waals surface area (Å²) >= 11 is 2.33. The van der Waals surface area contributed by atoms with Crippen molar-refractivity contribution in [3.05, 3.63) is 99.1 Å². The molecule has 0 atom stereocenters. The van der Waals surface area contributed by atoms with Crippen LogP contribution >= 0.6 is 22.6 Å². The molecule has 0 fully saturated rings. The lowest BCUT2D eigenvalue weighted by Gasteiger charge is -2.27. The van der Waals surface area contributed by atoms with Crippen molar-refractivity contribution in [2.75, 3.05) is 5.32 Å². The monoisotopic (exact) mass is 498 g/mol. The number of anilines is 1. The number of nitrogens with zero attached hydrogens (tertiary/aromatic N) is 1. The molecule has 0 saturated heterocycles. The van der Waals surface area contributed by atoms with E-state index >= 15 is 0 Å². The van der Waals surface area contributed by atoms with Crippen LogP contribution in [0, 0.1) is 3.57 Å². The highest BCUT2D eigenvalue weighted by Gasteiger charge is 2.21. The third kappa shape index (κ3) is 5.82. The van der Waals surface area contributed by atoms with Gasteiger partial charge in [-0.2, -0.15) is 0 Å². The van der Waals surface area contributed by atoms with E-state index in [1.807, 2.05) is 53.4 Å². The van der Waals surface area contributed by atoms with E-state index in [4.69, 9.17) is 0 Å². The normalized spacial score (nSPS) is 11.2. The molecular formula is C25H27IN2O. The molecule has 29 heavy (non-hydrogen) atoms. The zero-order valence-electron chi connectivity index (χ0n) is 17.2. The molecule has 1 N–H and O–H groups in total. The Labute approximate surface area is 187 Å². The van der Waals surface area contributed by atoms with Gasteiger partial charge in [0.1, 0.15) is 0 Å². The Kier molecular flexibility index (Phi) is 6.96. The van der Waals surface area contributed by atoms with E-state index < -0.39 is 0 Å². The van der Waals surface area contributed by atoms with Gasteiger partial charge in [-0.1, -0.05) is 87.5 Å². The molecule has 150 valence electrons. The molecule has 3 aromatic rings. The Hall–Kier alpha value is -2.34. The third-order valence-electron chi connectivity index (χ3n) is 4.80. The number of amides is 2. The summed E-state index contributed by atoms with van der Waals surface area (Å²) in [5.74, 6) is 0. The number of para-hydroxylation sites is 1. The molecule has 0 spiro atoms. The van der Waals surface area contributed by atoms with E-state index in [1.54, 1.807) is 0 Å². The smallest absolute Gasteiger partial charge is 0.316 e. The molecular weight excluding hydrogens is 471 g/mol. The highest BCUT2D eigenvalue weighted by Crippen LogP contribution is 2.29. The molecule has 2 amide bonds. The van der Waals surface area contributed by atoms with Crippen LogP contribution in [-0.4, -0.2) is 10.9 Å². The molecule has 0 radical (unpaired) electrons. The summed E-state index contributed by atoms with van der Waals surface area (Å²) in [6, 6.07) is 26.3. The van der Waals surface area contributed by atoms with Crippen molar-refractivity contribution in [1.29, 1.82) is 0 Å². The molecule has 0 aromatic heterocycles. The quantitative estimate of drug-likeness (QED) is 0.385. The van der Waals surface area contributed by atoms with Crippen LogP contribution in [0.15, 0.2) is 78.9 Å². The van der Waals surface area contributed by atoms with Crippen molar-refractivity contribution >= 4 is 34.3 Å². The molecule has 0 bridgehead atoms. The molecule has 0 aliphatic carbocycles. The first-order valence-corrected chi connectivity index (χ1v) is 10.9. The van der Waals surface area contributed by atoms with Gasteiger partial charge in [-0.15, -0.1) is 0 Å². The molecule has 0 unspecified atom stereocenters. The summed E-state index contributed by atoms with van der Waals surface area (Å²) in [6.45, 7) is 7.58. The predicted octanol–water partition coefficient (Wildman–Crippen LogP) is 6.82. The van der Waals surface area contributed by atoms with E-state index in [9.17, 15) is 4.79 Å². The summed E-state index contributed by atoms with van der Waals surface area (Å²) in [5.41, 5.74) is 4.19. The second-order valence-corrected chi connectivity index (χ2v) is 9.32. The minimum atomic E-state index is -0.0924. The minimum absolute atomic E-state index is 0.0526. The number of halogens is 1. The van der Waals surface area contributed by atoms with Crippen LogP contribution < -0.4 is 5.32 Å². The number of urea groups is 1. The highest BCUT2D eigenvalue weighted by atomic mass is 127. The summed E-state index contributed by atoms with van der Waals surface area (Å²) < 4.78 is 1.16. The van der Waals surface area contributed by atoms with Crippen molar-refractivity contribution < 1.29 is 4.79 Å². The topological polar surface area (TPSA) is 32.3 Å². The number of carbonyl (C=O) groups is 1. The first kappa shape index (κ1) is 21.4. The predicted molar refractivity (Wildman–Crippen MR) is 129 cm³/mol. The maximum atomic E-state index is 13.3. The first-order chi connectivity index (χ1) is 13.8. The van der Waals surface area contributed by atoms with Gasteiger partial charge in [0.25, 0.3) is 0 Å². The zero-order valence-corrected chi connectivity index (χ0v) is 19.3. The Morgan fingerprint density at radius 3 is 2.17 bits per heavy atom. The number of hydrogen-bond donors (Lipinski definition) is 1. The van der Waals surface area contributed by atoms with E-state index in [0.29, 0.717) is 13.1 Å². The van der Waals surface area contributed by atoms with Gasteiger partial charge in [0.2, 0.25) is 0 Å². The Balaban J connectivity index is 1.87. The van der Waals surface area contributed by atoms with Gasteiger partial charge in [-0.25, -0.2) is 4.79 Å². The van der Waals surface area contributed by atoms with Gasteiger partial charge in [-0.05, 0) is 56.8 Å². The maximum absolute atomic E-state index is 13.3. The average molecular weight is 498 g/mol. The summed E-state index contributed by atoms with van der Waals surface area (Å²) in [4.78, 5) is 15.2. The average Bonchev–Trinajstić information content (AvgIpc) is 2.69. The fraction of sp³-hybridized carbons (Fsp3) is 0.240. The molecule has 0 aliphatic heterocycles. The van der Waals surface area contributed by atoms with E-state index in [-0.39, 0.29) is 11.4 Å². The lowest BCUT2D eigenvalue weighted by Crippen LogP contribution is -2.35. The molecule has 4 heteroatoms. The van der Waals surface area contributed by atoms with Crippen LogP contribution in [0.2, 0.25) is 0 Å². The fourth-order valence-electron chi connectivity index (χ4n) is 3.28. The molecule has 3 rings (SSSR count). The minimum Gasteiger partial charge on any atom is -0.316 e. The second kappa shape index (κ2) is 9.44. The maximum Gasteiger partial charge on any atom is 0.322 e. The molecule has 0 heterocycles. The van der Waals surface area contributed by atoms with Gasteiger partial charge in [0, 0.05) is 22.3 Å². The van der Waals surface area contributed by atoms with Crippen LogP contribution in [0.25, 0.3) is 0 Å². The summed E-state index contributed by atoms with van der Waals surface area (Å²) in [6.07, 6.45) is 0. The van der Waals surface area contributed by atoms with Gasteiger partial charge < -0.3 is 10.2 Å². The van der Waals surface area contributed by atoms with E-state index in [2.05, 4.69) is 79.0 Å². The third-order valence-corrected chi connectivity index (χ3v) is 5.85.